The second-order valence-electron chi connectivity index (χ2n) is 9.86. The molecule has 0 fully saturated rings. The predicted molar refractivity (Wildman–Crippen MR) is 153 cm³/mol. The summed E-state index contributed by atoms with van der Waals surface area (Å²) in [5.74, 6) is -7.20. The van der Waals surface area contributed by atoms with E-state index in [0.29, 0.717) is 28.8 Å². The molecule has 3 atom stereocenters. The molecule has 45 heavy (non-hydrogen) atoms. The van der Waals surface area contributed by atoms with Crippen LogP contribution in [0.15, 0.2) is 59.6 Å². The molecule has 0 saturated carbocycles. The van der Waals surface area contributed by atoms with Crippen LogP contribution in [0.4, 0.5) is 36.8 Å². The minimum atomic E-state index is -4.82. The first kappa shape index (κ1) is 35.2. The number of carbonyl (C=O) groups excluding carboxylic acids is 3. The van der Waals surface area contributed by atoms with E-state index in [0.717, 1.165) is 0 Å². The van der Waals surface area contributed by atoms with Gasteiger partial charge in [0.1, 0.15) is 0 Å². The van der Waals surface area contributed by atoms with Gasteiger partial charge in [-0.1, -0.05) is 48.5 Å². The Labute approximate surface area is 257 Å². The second-order valence-corrected chi connectivity index (χ2v) is 10.8. The number of carbonyl (C=O) groups is 4. The fourth-order valence-corrected chi connectivity index (χ4v) is 5.10. The molecule has 1 aliphatic rings. The Balaban J connectivity index is 1.93. The quantitative estimate of drug-likeness (QED) is 0.118. The SMILES string of the molecule is O=C(O)NCCSNC(=O)[C@@H](CCC(F)(F)F)[C@@H](CCC(F)(F)F)C(=O)N[C@H]1N=C(c2ccccc2)c2ccccc2NC1=O. The molecule has 1 heterocycles. The van der Waals surface area contributed by atoms with Crippen molar-refractivity contribution in [1.29, 1.82) is 0 Å². The summed E-state index contributed by atoms with van der Waals surface area (Å²) in [6.07, 6.45) is -18.0. The number of nitrogens with one attached hydrogen (secondary N) is 4. The predicted octanol–water partition coefficient (Wildman–Crippen LogP) is 4.87. The number of halogens is 6. The van der Waals surface area contributed by atoms with Crippen LogP contribution in [0.3, 0.4) is 0 Å². The smallest absolute Gasteiger partial charge is 0.404 e. The lowest BCUT2D eigenvalue weighted by atomic mass is 9.83. The second kappa shape index (κ2) is 15.6. The minimum Gasteiger partial charge on any atom is -0.465 e. The fourth-order valence-electron chi connectivity index (χ4n) is 4.50. The topological polar surface area (TPSA) is 149 Å². The Morgan fingerprint density at radius 2 is 1.47 bits per heavy atom. The third-order valence-corrected chi connectivity index (χ3v) is 7.32. The van der Waals surface area contributed by atoms with E-state index in [9.17, 15) is 45.5 Å². The molecule has 0 saturated heterocycles. The Kier molecular flexibility index (Phi) is 12.2. The van der Waals surface area contributed by atoms with Crippen molar-refractivity contribution in [3.63, 3.8) is 0 Å². The molecule has 2 aromatic carbocycles. The van der Waals surface area contributed by atoms with E-state index < -0.39 is 79.9 Å². The third kappa shape index (κ3) is 11.3. The van der Waals surface area contributed by atoms with Crippen molar-refractivity contribution in [2.75, 3.05) is 17.6 Å². The number of nitrogens with zero attached hydrogens (tertiary/aromatic N) is 1. The van der Waals surface area contributed by atoms with Crippen LogP contribution in [-0.2, 0) is 14.4 Å². The number of anilines is 1. The maximum Gasteiger partial charge on any atom is 0.404 e. The Morgan fingerprint density at radius 3 is 2.07 bits per heavy atom. The summed E-state index contributed by atoms with van der Waals surface area (Å²) in [4.78, 5) is 54.7. The van der Waals surface area contributed by atoms with E-state index in [1.165, 1.54) is 0 Å². The van der Waals surface area contributed by atoms with Gasteiger partial charge in [-0.05, 0) is 30.9 Å². The number of amides is 4. The van der Waals surface area contributed by atoms with Gasteiger partial charge in [-0.3, -0.25) is 19.1 Å². The van der Waals surface area contributed by atoms with Crippen molar-refractivity contribution in [1.82, 2.24) is 15.4 Å². The van der Waals surface area contributed by atoms with E-state index in [1.807, 2.05) is 5.32 Å². The van der Waals surface area contributed by atoms with Crippen LogP contribution >= 0.6 is 11.9 Å². The highest BCUT2D eigenvalue weighted by atomic mass is 32.2. The van der Waals surface area contributed by atoms with Crippen LogP contribution in [0.5, 0.6) is 0 Å². The molecule has 0 aromatic heterocycles. The molecular weight excluding hydrogens is 632 g/mol. The molecule has 0 radical (unpaired) electrons. The summed E-state index contributed by atoms with van der Waals surface area (Å²) in [7, 11) is 0. The standard InChI is InChI=1S/C28H29F6N5O5S/c29-27(30,31)12-10-17(18(11-13-28(32,33)34)24(41)39-45-15-14-35-26(43)44)23(40)38-22-25(42)36-20-9-5-4-8-19(20)21(37-22)16-6-2-1-3-7-16/h1-9,17-18,22,35H,10-15H2,(H,36,42)(H,38,40)(H,39,41)(H,43,44)/t17-,18+,22-/m1/s1. The van der Waals surface area contributed by atoms with Crippen molar-refractivity contribution in [2.45, 2.75) is 44.2 Å². The fraction of sp³-hybridized carbons (Fsp3) is 0.393. The van der Waals surface area contributed by atoms with Crippen molar-refractivity contribution >= 4 is 47.2 Å². The molecule has 3 rings (SSSR count). The monoisotopic (exact) mass is 661 g/mol. The van der Waals surface area contributed by atoms with Crippen molar-refractivity contribution < 1.29 is 50.6 Å². The van der Waals surface area contributed by atoms with Crippen LogP contribution in [0.1, 0.15) is 36.8 Å². The highest BCUT2D eigenvalue weighted by Crippen LogP contribution is 2.33. The first-order valence-corrected chi connectivity index (χ1v) is 14.5. The van der Waals surface area contributed by atoms with Crippen LogP contribution in [0.25, 0.3) is 0 Å². The van der Waals surface area contributed by atoms with E-state index in [4.69, 9.17) is 5.11 Å². The minimum absolute atomic E-state index is 0.0662. The lowest BCUT2D eigenvalue weighted by Crippen LogP contribution is -2.48. The molecule has 0 spiro atoms. The maximum atomic E-state index is 13.6. The van der Waals surface area contributed by atoms with Gasteiger partial charge in [-0.25, -0.2) is 9.79 Å². The van der Waals surface area contributed by atoms with Crippen molar-refractivity contribution in [3.8, 4) is 0 Å². The number of rotatable bonds is 13. The highest BCUT2D eigenvalue weighted by Gasteiger charge is 2.41. The first-order chi connectivity index (χ1) is 21.1. The zero-order chi connectivity index (χ0) is 33.2. The molecule has 17 heteroatoms. The average molecular weight is 662 g/mol. The molecule has 5 N–H and O–H groups in total. The zero-order valence-electron chi connectivity index (χ0n) is 23.4. The maximum absolute atomic E-state index is 13.6. The number of para-hydroxylation sites is 1. The Hall–Kier alpha value is -4.28. The van der Waals surface area contributed by atoms with Gasteiger partial charge in [0, 0.05) is 42.2 Å². The molecule has 0 unspecified atom stereocenters. The molecule has 2 aromatic rings. The van der Waals surface area contributed by atoms with Crippen LogP contribution in [0, 0.1) is 11.8 Å². The van der Waals surface area contributed by atoms with Crippen LogP contribution in [-0.4, -0.2) is 65.4 Å². The summed E-state index contributed by atoms with van der Waals surface area (Å²) < 4.78 is 81.6. The van der Waals surface area contributed by atoms with Crippen molar-refractivity contribution in [2.24, 2.45) is 16.8 Å². The number of hydrogen-bond acceptors (Lipinski definition) is 6. The number of benzene rings is 2. The van der Waals surface area contributed by atoms with E-state index in [-0.39, 0.29) is 18.0 Å². The zero-order valence-corrected chi connectivity index (χ0v) is 24.2. The molecule has 10 nitrogen and oxygen atoms in total. The van der Waals surface area contributed by atoms with Gasteiger partial charge in [-0.15, -0.1) is 0 Å². The molecular formula is C28H29F6N5O5S. The number of carboxylic acid groups (broad SMARTS) is 1. The number of alkyl halides is 6. The number of benzodiazepines with no additional fused rings is 1. The number of aliphatic imine (C=N–C) groups is 1. The summed E-state index contributed by atoms with van der Waals surface area (Å²) in [6.45, 7) is -0.160. The van der Waals surface area contributed by atoms with E-state index in [2.05, 4.69) is 20.3 Å². The Morgan fingerprint density at radius 1 is 0.889 bits per heavy atom. The lowest BCUT2D eigenvalue weighted by molar-refractivity contribution is -0.152. The summed E-state index contributed by atoms with van der Waals surface area (Å²) in [6, 6.07) is 15.0. The van der Waals surface area contributed by atoms with Crippen LogP contribution < -0.4 is 20.7 Å². The largest absolute Gasteiger partial charge is 0.465 e. The van der Waals surface area contributed by atoms with Gasteiger partial charge in [-0.2, -0.15) is 26.3 Å². The van der Waals surface area contributed by atoms with Gasteiger partial charge in [0.25, 0.3) is 5.91 Å². The molecule has 4 amide bonds. The molecule has 0 aliphatic carbocycles. The summed E-state index contributed by atoms with van der Waals surface area (Å²) in [5.41, 5.74) is 1.58. The summed E-state index contributed by atoms with van der Waals surface area (Å²) in [5, 5.41) is 15.5. The normalized spacial score (nSPS) is 16.3. The van der Waals surface area contributed by atoms with Gasteiger partial charge < -0.3 is 21.1 Å². The van der Waals surface area contributed by atoms with Crippen molar-refractivity contribution in [3.05, 3.63) is 65.7 Å². The van der Waals surface area contributed by atoms with Gasteiger partial charge in [0.2, 0.25) is 18.0 Å². The van der Waals surface area contributed by atoms with Gasteiger partial charge in [0.05, 0.1) is 17.3 Å². The molecule has 244 valence electrons. The molecule has 1 aliphatic heterocycles. The lowest BCUT2D eigenvalue weighted by Gasteiger charge is -2.27. The van der Waals surface area contributed by atoms with Gasteiger partial charge >= 0.3 is 18.4 Å². The Bertz CT molecular complexity index is 1390. The van der Waals surface area contributed by atoms with Crippen LogP contribution in [0.2, 0.25) is 0 Å². The summed E-state index contributed by atoms with van der Waals surface area (Å²) >= 11 is 0.601. The average Bonchev–Trinajstić information content (AvgIpc) is 3.09. The number of fused-ring (bicyclic) bond motifs is 1. The third-order valence-electron chi connectivity index (χ3n) is 6.56. The van der Waals surface area contributed by atoms with Gasteiger partial charge in [0.15, 0.2) is 0 Å². The first-order valence-electron chi connectivity index (χ1n) is 13.5. The van der Waals surface area contributed by atoms with E-state index in [1.54, 1.807) is 54.6 Å². The van der Waals surface area contributed by atoms with E-state index >= 15 is 0 Å². The number of hydrogen-bond donors (Lipinski definition) is 5. The molecule has 0 bridgehead atoms. The highest BCUT2D eigenvalue weighted by molar-refractivity contribution is 7.97.